The lowest BCUT2D eigenvalue weighted by molar-refractivity contribution is -0.127. The second-order valence-corrected chi connectivity index (χ2v) is 7.17. The molecule has 2 nitrogen and oxygen atoms in total. The van der Waals surface area contributed by atoms with E-state index in [0.29, 0.717) is 12.8 Å². The van der Waals surface area contributed by atoms with Crippen molar-refractivity contribution in [1.29, 1.82) is 0 Å². The van der Waals surface area contributed by atoms with Crippen molar-refractivity contribution in [3.8, 4) is 0 Å². The van der Waals surface area contributed by atoms with Gasteiger partial charge in [-0.15, -0.1) is 0 Å². The van der Waals surface area contributed by atoms with E-state index in [-0.39, 0.29) is 5.78 Å². The van der Waals surface area contributed by atoms with Crippen molar-refractivity contribution in [3.63, 3.8) is 0 Å². The molecule has 0 aromatic heterocycles. The summed E-state index contributed by atoms with van der Waals surface area (Å²) in [5, 5.41) is 9.91. The summed E-state index contributed by atoms with van der Waals surface area (Å²) in [5.74, 6) is 0.0704. The van der Waals surface area contributed by atoms with Gasteiger partial charge in [-0.3, -0.25) is 4.79 Å². The molecule has 1 aliphatic carbocycles. The van der Waals surface area contributed by atoms with E-state index >= 15 is 0 Å². The van der Waals surface area contributed by atoms with E-state index in [1.165, 1.54) is 70.6 Å². The van der Waals surface area contributed by atoms with Crippen molar-refractivity contribution in [1.82, 2.24) is 0 Å². The normalized spacial score (nSPS) is 27.0. The van der Waals surface area contributed by atoms with Gasteiger partial charge in [-0.1, -0.05) is 76.4 Å². The van der Waals surface area contributed by atoms with Crippen LogP contribution in [0.25, 0.3) is 0 Å². The van der Waals surface area contributed by atoms with Gasteiger partial charge < -0.3 is 5.11 Å². The van der Waals surface area contributed by atoms with Crippen LogP contribution in [0.15, 0.2) is 12.2 Å². The molecule has 0 radical (unpaired) electrons. The Bertz CT molecular complexity index is 309. The molecule has 0 aromatic rings. The summed E-state index contributed by atoms with van der Waals surface area (Å²) >= 11 is 0. The van der Waals surface area contributed by atoms with E-state index in [1.54, 1.807) is 0 Å². The first-order chi connectivity index (χ1) is 11.3. The molecule has 1 rings (SSSR count). The quantitative estimate of drug-likeness (QED) is 0.546. The topological polar surface area (TPSA) is 37.3 Å². The van der Waals surface area contributed by atoms with Crippen molar-refractivity contribution in [2.45, 2.75) is 115 Å². The van der Waals surface area contributed by atoms with Crippen molar-refractivity contribution in [3.05, 3.63) is 12.2 Å². The maximum absolute atomic E-state index is 11.9. The van der Waals surface area contributed by atoms with Crippen molar-refractivity contribution >= 4 is 5.78 Å². The van der Waals surface area contributed by atoms with E-state index in [4.69, 9.17) is 0 Å². The van der Waals surface area contributed by atoms with E-state index in [1.807, 2.05) is 0 Å². The highest BCUT2D eigenvalue weighted by molar-refractivity contribution is 5.82. The van der Waals surface area contributed by atoms with Gasteiger partial charge in [0.15, 0.2) is 5.78 Å². The van der Waals surface area contributed by atoms with Crippen LogP contribution < -0.4 is 0 Å². The SMILES string of the molecule is O=C1CCCCCCCCCC/C=C\CCCCCCCC1O. The van der Waals surface area contributed by atoms with E-state index in [9.17, 15) is 9.90 Å². The predicted octanol–water partition coefficient (Wildman–Crippen LogP) is 6.12. The average molecular weight is 323 g/mol. The van der Waals surface area contributed by atoms with Crippen molar-refractivity contribution < 1.29 is 9.90 Å². The standard InChI is InChI=1S/C21H38O2/c22-20-18-16-14-12-10-8-6-4-2-1-3-5-7-9-11-13-15-17-19-21(20)23/h2,4,20,22H,1,3,5-19H2/b4-2-. The summed E-state index contributed by atoms with van der Waals surface area (Å²) in [4.78, 5) is 11.9. The molecule has 0 amide bonds. The molecule has 0 saturated carbocycles. The number of Topliss-reactive ketones (excluding diaryl/α,β-unsaturated/α-hetero) is 1. The largest absolute Gasteiger partial charge is 0.385 e. The number of aliphatic hydroxyl groups is 1. The minimum Gasteiger partial charge on any atom is -0.385 e. The molecule has 1 atom stereocenters. The maximum Gasteiger partial charge on any atom is 0.161 e. The molecular weight excluding hydrogens is 284 g/mol. The smallest absolute Gasteiger partial charge is 0.161 e. The minimum atomic E-state index is -0.702. The fourth-order valence-corrected chi connectivity index (χ4v) is 3.32. The molecule has 1 aliphatic rings. The summed E-state index contributed by atoms with van der Waals surface area (Å²) < 4.78 is 0. The summed E-state index contributed by atoms with van der Waals surface area (Å²) in [6.45, 7) is 0. The predicted molar refractivity (Wildman–Crippen MR) is 98.6 cm³/mol. The molecule has 0 spiro atoms. The number of hydrogen-bond donors (Lipinski definition) is 1. The van der Waals surface area contributed by atoms with Crippen LogP contribution in [-0.2, 0) is 4.79 Å². The molecule has 0 heterocycles. The van der Waals surface area contributed by atoms with Gasteiger partial charge in [-0.2, -0.15) is 0 Å². The Morgan fingerprint density at radius 2 is 1.09 bits per heavy atom. The Balaban J connectivity index is 2.22. The highest BCUT2D eigenvalue weighted by Crippen LogP contribution is 2.14. The second kappa shape index (κ2) is 14.9. The van der Waals surface area contributed by atoms with Crippen LogP contribution in [-0.4, -0.2) is 17.0 Å². The molecule has 0 fully saturated rings. The maximum atomic E-state index is 11.9. The highest BCUT2D eigenvalue weighted by Gasteiger charge is 2.13. The third kappa shape index (κ3) is 12.5. The first kappa shape index (κ1) is 20.4. The molecule has 0 saturated heterocycles. The fourth-order valence-electron chi connectivity index (χ4n) is 3.32. The van der Waals surface area contributed by atoms with Crippen LogP contribution in [0.2, 0.25) is 0 Å². The monoisotopic (exact) mass is 322 g/mol. The fraction of sp³-hybridized carbons (Fsp3) is 0.857. The van der Waals surface area contributed by atoms with E-state index in [0.717, 1.165) is 25.7 Å². The van der Waals surface area contributed by atoms with Gasteiger partial charge in [0.05, 0.1) is 0 Å². The Kier molecular flexibility index (Phi) is 13.3. The second-order valence-electron chi connectivity index (χ2n) is 7.17. The Labute approximate surface area is 143 Å². The number of carbonyl (C=O) groups excluding carboxylic acids is 1. The Morgan fingerprint density at radius 1 is 0.652 bits per heavy atom. The molecule has 1 unspecified atom stereocenters. The summed E-state index contributed by atoms with van der Waals surface area (Å²) in [7, 11) is 0. The number of aliphatic hydroxyl groups excluding tert-OH is 1. The number of hydrogen-bond acceptors (Lipinski definition) is 2. The van der Waals surface area contributed by atoms with Gasteiger partial charge in [-0.05, 0) is 38.5 Å². The van der Waals surface area contributed by atoms with E-state index < -0.39 is 6.10 Å². The molecule has 2 heteroatoms. The van der Waals surface area contributed by atoms with Gasteiger partial charge >= 0.3 is 0 Å². The van der Waals surface area contributed by atoms with Gasteiger partial charge in [0.2, 0.25) is 0 Å². The summed E-state index contributed by atoms with van der Waals surface area (Å²) in [6, 6.07) is 0. The zero-order chi connectivity index (χ0) is 16.6. The van der Waals surface area contributed by atoms with Crippen LogP contribution in [0.3, 0.4) is 0 Å². The third-order valence-electron chi connectivity index (χ3n) is 4.93. The summed E-state index contributed by atoms with van der Waals surface area (Å²) in [5.41, 5.74) is 0. The molecule has 0 bridgehead atoms. The lowest BCUT2D eigenvalue weighted by atomic mass is 10.0. The minimum absolute atomic E-state index is 0.0704. The lowest BCUT2D eigenvalue weighted by Crippen LogP contribution is -2.19. The first-order valence-corrected chi connectivity index (χ1v) is 10.2. The highest BCUT2D eigenvalue weighted by atomic mass is 16.3. The zero-order valence-electron chi connectivity index (χ0n) is 15.1. The van der Waals surface area contributed by atoms with Gasteiger partial charge in [-0.25, -0.2) is 0 Å². The van der Waals surface area contributed by atoms with Crippen molar-refractivity contribution in [2.24, 2.45) is 0 Å². The lowest BCUT2D eigenvalue weighted by Gasteiger charge is -2.09. The number of carbonyl (C=O) groups is 1. The molecule has 0 aliphatic heterocycles. The zero-order valence-corrected chi connectivity index (χ0v) is 15.1. The number of allylic oxidation sites excluding steroid dienone is 2. The number of ketones is 1. The van der Waals surface area contributed by atoms with Gasteiger partial charge in [0.25, 0.3) is 0 Å². The Hall–Kier alpha value is -0.630. The van der Waals surface area contributed by atoms with Crippen LogP contribution in [0, 0.1) is 0 Å². The average Bonchev–Trinajstić information content (AvgIpc) is 2.55. The van der Waals surface area contributed by atoms with Crippen molar-refractivity contribution in [2.75, 3.05) is 0 Å². The van der Waals surface area contributed by atoms with Gasteiger partial charge in [0.1, 0.15) is 6.10 Å². The molecule has 23 heavy (non-hydrogen) atoms. The van der Waals surface area contributed by atoms with Crippen LogP contribution in [0.1, 0.15) is 109 Å². The molecule has 0 aromatic carbocycles. The first-order valence-electron chi connectivity index (χ1n) is 10.2. The Morgan fingerprint density at radius 3 is 1.65 bits per heavy atom. The summed E-state index contributed by atoms with van der Waals surface area (Å²) in [6.07, 6.45) is 23.6. The van der Waals surface area contributed by atoms with E-state index in [2.05, 4.69) is 12.2 Å². The molecule has 1 N–H and O–H groups in total. The third-order valence-corrected chi connectivity index (χ3v) is 4.93. The van der Waals surface area contributed by atoms with Crippen LogP contribution in [0.5, 0.6) is 0 Å². The van der Waals surface area contributed by atoms with Gasteiger partial charge in [0, 0.05) is 6.42 Å². The number of rotatable bonds is 0. The molecule has 134 valence electrons. The van der Waals surface area contributed by atoms with Crippen LogP contribution in [0.4, 0.5) is 0 Å². The molecular formula is C21H38O2. The van der Waals surface area contributed by atoms with Crippen LogP contribution >= 0.6 is 0 Å².